The van der Waals surface area contributed by atoms with Gasteiger partial charge in [0, 0.05) is 30.6 Å². The molecule has 1 saturated heterocycles. The van der Waals surface area contributed by atoms with E-state index < -0.39 is 6.04 Å². The highest BCUT2D eigenvalue weighted by molar-refractivity contribution is 6.31. The molecule has 2 aromatic rings. The van der Waals surface area contributed by atoms with Crippen molar-refractivity contribution < 1.29 is 13.9 Å². The number of nitrogens with one attached hydrogen (secondary N) is 1. The van der Waals surface area contributed by atoms with E-state index in [9.17, 15) is 9.18 Å². The highest BCUT2D eigenvalue weighted by Gasteiger charge is 2.34. The van der Waals surface area contributed by atoms with Crippen molar-refractivity contribution in [2.24, 2.45) is 5.73 Å². The molecule has 2 heterocycles. The Bertz CT molecular complexity index is 780. The van der Waals surface area contributed by atoms with Gasteiger partial charge in [0.05, 0.1) is 6.10 Å². The van der Waals surface area contributed by atoms with E-state index in [2.05, 4.69) is 4.98 Å². The first kappa shape index (κ1) is 21.7. The lowest BCUT2D eigenvalue weighted by atomic mass is 10.0. The van der Waals surface area contributed by atoms with Crippen molar-refractivity contribution in [3.05, 3.63) is 34.7 Å². The van der Waals surface area contributed by atoms with E-state index >= 15 is 0 Å². The second kappa shape index (κ2) is 9.53. The maximum Gasteiger partial charge on any atom is 0.242 e. The molecule has 5 nitrogen and oxygen atoms in total. The number of amides is 1. The second-order valence-corrected chi connectivity index (χ2v) is 6.98. The predicted octanol–water partition coefficient (Wildman–Crippen LogP) is 3.88. The van der Waals surface area contributed by atoms with Crippen LogP contribution in [0.25, 0.3) is 10.9 Å². The number of nitrogens with zero attached hydrogens (tertiary/aromatic N) is 1. The third-order valence-electron chi connectivity index (χ3n) is 5.08. The van der Waals surface area contributed by atoms with Gasteiger partial charge in [-0.3, -0.25) is 4.79 Å². The van der Waals surface area contributed by atoms with Gasteiger partial charge in [-0.25, -0.2) is 4.39 Å². The average Bonchev–Trinajstić information content (AvgIpc) is 3.26. The summed E-state index contributed by atoms with van der Waals surface area (Å²) in [5, 5.41) is 1.38. The van der Waals surface area contributed by atoms with E-state index in [1.54, 1.807) is 20.1 Å². The summed E-state index contributed by atoms with van der Waals surface area (Å²) in [6, 6.07) is 3.92. The van der Waals surface area contributed by atoms with Crippen LogP contribution in [-0.4, -0.2) is 47.6 Å². The average molecular weight is 398 g/mol. The van der Waals surface area contributed by atoms with Gasteiger partial charge in [-0.05, 0) is 49.9 Å². The number of fused-ring (bicyclic) bond motifs is 1. The molecule has 0 aliphatic carbocycles. The SMILES string of the molecule is CC.COC(C)C(N)C(=O)N1CCCC1Cc1c(Cl)[nH]c2cc(F)ccc12. The van der Waals surface area contributed by atoms with Crippen LogP contribution in [0.4, 0.5) is 4.39 Å². The predicted molar refractivity (Wildman–Crippen MR) is 108 cm³/mol. The summed E-state index contributed by atoms with van der Waals surface area (Å²) in [5.41, 5.74) is 7.61. The lowest BCUT2D eigenvalue weighted by Crippen LogP contribution is -2.51. The van der Waals surface area contributed by atoms with E-state index in [0.717, 1.165) is 23.8 Å². The molecule has 3 N–H and O–H groups in total. The van der Waals surface area contributed by atoms with Crippen molar-refractivity contribution in [3.8, 4) is 0 Å². The number of H-pyrrole nitrogens is 1. The number of methoxy groups -OCH3 is 1. The first-order valence-corrected chi connectivity index (χ1v) is 9.84. The van der Waals surface area contributed by atoms with Crippen LogP contribution in [0.5, 0.6) is 0 Å². The zero-order valence-electron chi connectivity index (χ0n) is 16.4. The minimum Gasteiger partial charge on any atom is -0.380 e. The van der Waals surface area contributed by atoms with Gasteiger partial charge in [0.2, 0.25) is 5.91 Å². The van der Waals surface area contributed by atoms with Gasteiger partial charge in [0.1, 0.15) is 17.0 Å². The van der Waals surface area contributed by atoms with Crippen LogP contribution in [0, 0.1) is 5.82 Å². The number of benzene rings is 1. The number of halogens is 2. The first-order chi connectivity index (χ1) is 12.9. The Morgan fingerprint density at radius 1 is 1.48 bits per heavy atom. The van der Waals surface area contributed by atoms with Crippen LogP contribution < -0.4 is 5.73 Å². The fourth-order valence-corrected chi connectivity index (χ4v) is 3.79. The van der Waals surface area contributed by atoms with Gasteiger partial charge in [-0.15, -0.1) is 0 Å². The summed E-state index contributed by atoms with van der Waals surface area (Å²) in [5.74, 6) is -0.409. The third kappa shape index (κ3) is 4.62. The standard InChI is InChI=1S/C18H23ClFN3O2.C2H6/c1-10(25-2)16(21)18(24)23-7-3-4-12(23)9-14-13-6-5-11(20)8-15(13)22-17(14)19;1-2/h5-6,8,10,12,16,22H,3-4,7,9,21H2,1-2H3;1-2H3. The van der Waals surface area contributed by atoms with Crippen molar-refractivity contribution in [2.45, 2.75) is 58.2 Å². The number of nitrogens with two attached hydrogens (primary N) is 1. The Morgan fingerprint density at radius 3 is 2.85 bits per heavy atom. The van der Waals surface area contributed by atoms with E-state index in [1.165, 1.54) is 12.1 Å². The van der Waals surface area contributed by atoms with Crippen LogP contribution in [0.2, 0.25) is 5.15 Å². The summed E-state index contributed by atoms with van der Waals surface area (Å²) in [4.78, 5) is 17.6. The molecule has 3 rings (SSSR count). The summed E-state index contributed by atoms with van der Waals surface area (Å²) in [6.45, 7) is 6.47. The van der Waals surface area contributed by atoms with Crippen LogP contribution in [0.15, 0.2) is 18.2 Å². The zero-order valence-corrected chi connectivity index (χ0v) is 17.1. The molecule has 150 valence electrons. The van der Waals surface area contributed by atoms with Crippen LogP contribution in [0.1, 0.15) is 39.2 Å². The van der Waals surface area contributed by atoms with Crippen molar-refractivity contribution in [2.75, 3.05) is 13.7 Å². The number of aromatic nitrogens is 1. The topological polar surface area (TPSA) is 71.3 Å². The molecular weight excluding hydrogens is 369 g/mol. The van der Waals surface area contributed by atoms with Gasteiger partial charge in [0.25, 0.3) is 0 Å². The molecule has 1 amide bonds. The van der Waals surface area contributed by atoms with Gasteiger partial charge >= 0.3 is 0 Å². The van der Waals surface area contributed by atoms with E-state index in [0.29, 0.717) is 23.6 Å². The van der Waals surface area contributed by atoms with Gasteiger partial charge in [-0.2, -0.15) is 0 Å². The normalized spacial score (nSPS) is 18.9. The fraction of sp³-hybridized carbons (Fsp3) is 0.550. The Morgan fingerprint density at radius 2 is 2.19 bits per heavy atom. The maximum atomic E-state index is 13.4. The summed E-state index contributed by atoms with van der Waals surface area (Å²) in [7, 11) is 1.55. The zero-order chi connectivity index (χ0) is 20.1. The third-order valence-corrected chi connectivity index (χ3v) is 5.40. The number of hydrogen-bond acceptors (Lipinski definition) is 3. The molecule has 0 bridgehead atoms. The molecule has 1 aromatic heterocycles. The highest BCUT2D eigenvalue weighted by Crippen LogP contribution is 2.31. The smallest absolute Gasteiger partial charge is 0.242 e. The van der Waals surface area contributed by atoms with E-state index in [1.807, 2.05) is 18.7 Å². The Hall–Kier alpha value is -1.63. The van der Waals surface area contributed by atoms with Crippen LogP contribution >= 0.6 is 11.6 Å². The number of carbonyl (C=O) groups excluding carboxylic acids is 1. The molecule has 3 unspecified atom stereocenters. The number of hydrogen-bond donors (Lipinski definition) is 2. The number of carbonyl (C=O) groups is 1. The maximum absolute atomic E-state index is 13.4. The number of aromatic amines is 1. The van der Waals surface area contributed by atoms with E-state index in [-0.39, 0.29) is 23.9 Å². The lowest BCUT2D eigenvalue weighted by molar-refractivity contribution is -0.136. The van der Waals surface area contributed by atoms with E-state index in [4.69, 9.17) is 22.1 Å². The second-order valence-electron chi connectivity index (χ2n) is 6.61. The van der Waals surface area contributed by atoms with Crippen molar-refractivity contribution in [1.29, 1.82) is 0 Å². The first-order valence-electron chi connectivity index (χ1n) is 9.46. The highest BCUT2D eigenvalue weighted by atomic mass is 35.5. The van der Waals surface area contributed by atoms with Gasteiger partial charge in [-0.1, -0.05) is 25.4 Å². The van der Waals surface area contributed by atoms with Crippen molar-refractivity contribution in [3.63, 3.8) is 0 Å². The molecule has 7 heteroatoms. The minimum absolute atomic E-state index is 0.0316. The Kier molecular flexibility index (Phi) is 7.65. The molecule has 1 aromatic carbocycles. The molecule has 0 spiro atoms. The monoisotopic (exact) mass is 397 g/mol. The molecular formula is C20H29ClFN3O2. The summed E-state index contributed by atoms with van der Waals surface area (Å²) >= 11 is 6.34. The molecule has 0 radical (unpaired) electrons. The van der Waals surface area contributed by atoms with Gasteiger partial charge < -0.3 is 20.4 Å². The van der Waals surface area contributed by atoms with Gasteiger partial charge in [0.15, 0.2) is 0 Å². The quantitative estimate of drug-likeness (QED) is 0.804. The molecule has 27 heavy (non-hydrogen) atoms. The number of ether oxygens (including phenoxy) is 1. The summed E-state index contributed by atoms with van der Waals surface area (Å²) < 4.78 is 18.6. The largest absolute Gasteiger partial charge is 0.380 e. The molecule has 1 aliphatic rings. The minimum atomic E-state index is -0.682. The Balaban J connectivity index is 0.00000126. The summed E-state index contributed by atoms with van der Waals surface area (Å²) in [6.07, 6.45) is 2.10. The lowest BCUT2D eigenvalue weighted by Gasteiger charge is -2.29. The fourth-order valence-electron chi connectivity index (χ4n) is 3.51. The molecule has 0 saturated carbocycles. The van der Waals surface area contributed by atoms with Crippen molar-refractivity contribution >= 4 is 28.4 Å². The Labute approximate surface area is 165 Å². The molecule has 1 fully saturated rings. The molecule has 1 aliphatic heterocycles. The van der Waals surface area contributed by atoms with Crippen LogP contribution in [0.3, 0.4) is 0 Å². The number of likely N-dealkylation sites (tertiary alicyclic amines) is 1. The van der Waals surface area contributed by atoms with Crippen molar-refractivity contribution in [1.82, 2.24) is 9.88 Å². The number of rotatable bonds is 5. The molecule has 3 atom stereocenters. The van der Waals surface area contributed by atoms with Crippen LogP contribution in [-0.2, 0) is 16.0 Å².